The normalized spacial score (nSPS) is 11.4. The van der Waals surface area contributed by atoms with E-state index in [1.165, 1.54) is 0 Å². The van der Waals surface area contributed by atoms with Crippen molar-refractivity contribution < 1.29 is 19.4 Å². The molecule has 0 amide bonds. The maximum Gasteiger partial charge on any atom is 0.333 e. The topological polar surface area (TPSA) is 55.8 Å². The van der Waals surface area contributed by atoms with Gasteiger partial charge in [-0.1, -0.05) is 49.3 Å². The Morgan fingerprint density at radius 3 is 2.37 bits per heavy atom. The Morgan fingerprint density at radius 1 is 1.03 bits per heavy atom. The largest absolute Gasteiger partial charge is 0.461 e. The number of hydrogen-bond acceptors (Lipinski definition) is 4. The van der Waals surface area contributed by atoms with E-state index in [-0.39, 0.29) is 6.61 Å². The third kappa shape index (κ3) is 5.08. The van der Waals surface area contributed by atoms with E-state index < -0.39 is 12.3 Å². The predicted octanol–water partition coefficient (Wildman–Crippen LogP) is 5.13. The van der Waals surface area contributed by atoms with Crippen LogP contribution in [0.25, 0.3) is 21.5 Å². The van der Waals surface area contributed by atoms with Crippen LogP contribution in [0.15, 0.2) is 72.8 Å². The molecule has 0 saturated heterocycles. The van der Waals surface area contributed by atoms with Crippen molar-refractivity contribution in [1.82, 2.24) is 0 Å². The Morgan fingerprint density at radius 2 is 1.70 bits per heavy atom. The first kappa shape index (κ1) is 21.2. The molecule has 0 aliphatic carbocycles. The zero-order valence-corrected chi connectivity index (χ0v) is 17.2. The Hall–Kier alpha value is -3.55. The van der Waals surface area contributed by atoms with Crippen LogP contribution in [-0.4, -0.2) is 24.0 Å². The van der Waals surface area contributed by atoms with Crippen molar-refractivity contribution in [2.45, 2.75) is 26.6 Å². The van der Waals surface area contributed by atoms with Crippen LogP contribution >= 0.6 is 0 Å². The molecule has 30 heavy (non-hydrogen) atoms. The molecule has 3 rings (SSSR count). The van der Waals surface area contributed by atoms with E-state index in [2.05, 4.69) is 25.0 Å². The average molecular weight is 400 g/mol. The van der Waals surface area contributed by atoms with Crippen molar-refractivity contribution in [1.29, 1.82) is 0 Å². The van der Waals surface area contributed by atoms with Crippen LogP contribution in [-0.2, 0) is 9.53 Å². The third-order valence-corrected chi connectivity index (χ3v) is 4.52. The standard InChI is InChI=1S/C26H24O4/c1-17(2)25(27)29-14-6-5-7-19-8-12-23-20(15-19)9-10-21-16-22(11-13-24(21)23)30-26(28)18(3)4/h8-13,15-16,26,28H,1,3,6,14H2,2,4H3. The summed E-state index contributed by atoms with van der Waals surface area (Å²) in [6, 6.07) is 15.9. The number of aliphatic hydroxyl groups excluding tert-OH is 1. The number of benzene rings is 3. The first-order valence-electron chi connectivity index (χ1n) is 9.63. The Balaban J connectivity index is 1.77. The second kappa shape index (κ2) is 9.30. The van der Waals surface area contributed by atoms with Gasteiger partial charge in [0, 0.05) is 17.6 Å². The highest BCUT2D eigenvalue weighted by molar-refractivity contribution is 6.08. The zero-order valence-electron chi connectivity index (χ0n) is 17.2. The first-order chi connectivity index (χ1) is 14.3. The quantitative estimate of drug-likeness (QED) is 0.119. The molecule has 1 unspecified atom stereocenters. The van der Waals surface area contributed by atoms with Gasteiger partial charge in [-0.2, -0.15) is 0 Å². The minimum absolute atomic E-state index is 0.251. The zero-order chi connectivity index (χ0) is 21.7. The number of hydrogen-bond donors (Lipinski definition) is 1. The van der Waals surface area contributed by atoms with Crippen molar-refractivity contribution in [3.05, 3.63) is 78.4 Å². The summed E-state index contributed by atoms with van der Waals surface area (Å²) in [7, 11) is 0. The van der Waals surface area contributed by atoms with Gasteiger partial charge in [0.15, 0.2) is 0 Å². The SMILES string of the molecule is C=C(C)C(=O)OCCC#Cc1ccc2c(ccc3cc(OC(O)C(=C)C)ccc32)c1. The first-order valence-corrected chi connectivity index (χ1v) is 9.63. The molecule has 4 nitrogen and oxygen atoms in total. The van der Waals surface area contributed by atoms with Gasteiger partial charge in [-0.25, -0.2) is 4.79 Å². The lowest BCUT2D eigenvalue weighted by molar-refractivity contribution is -0.138. The highest BCUT2D eigenvalue weighted by Gasteiger charge is 2.08. The molecule has 3 aromatic carbocycles. The van der Waals surface area contributed by atoms with E-state index >= 15 is 0 Å². The molecule has 0 aliphatic rings. The summed E-state index contributed by atoms with van der Waals surface area (Å²) in [5.41, 5.74) is 1.84. The highest BCUT2D eigenvalue weighted by atomic mass is 16.6. The maximum atomic E-state index is 11.3. The predicted molar refractivity (Wildman–Crippen MR) is 120 cm³/mol. The molecular weight excluding hydrogens is 376 g/mol. The lowest BCUT2D eigenvalue weighted by Gasteiger charge is -2.14. The molecule has 4 heteroatoms. The van der Waals surface area contributed by atoms with Gasteiger partial charge in [0.2, 0.25) is 6.29 Å². The Kier molecular flexibility index (Phi) is 6.56. The smallest absolute Gasteiger partial charge is 0.333 e. The second-order valence-corrected chi connectivity index (χ2v) is 7.17. The van der Waals surface area contributed by atoms with Crippen LogP contribution < -0.4 is 4.74 Å². The fraction of sp³-hybridized carbons (Fsp3) is 0.192. The summed E-state index contributed by atoms with van der Waals surface area (Å²) in [6.45, 7) is 10.8. The number of carbonyl (C=O) groups excluding carboxylic acids is 1. The van der Waals surface area contributed by atoms with Crippen LogP contribution in [0.5, 0.6) is 5.75 Å². The van der Waals surface area contributed by atoms with Crippen LogP contribution in [0.2, 0.25) is 0 Å². The molecule has 0 spiro atoms. The summed E-state index contributed by atoms with van der Waals surface area (Å²) in [5.74, 6) is 6.34. The van der Waals surface area contributed by atoms with Crippen molar-refractivity contribution in [3.8, 4) is 17.6 Å². The van der Waals surface area contributed by atoms with Crippen LogP contribution in [0.3, 0.4) is 0 Å². The summed E-state index contributed by atoms with van der Waals surface area (Å²) >= 11 is 0. The van der Waals surface area contributed by atoms with Gasteiger partial charge in [-0.05, 0) is 65.2 Å². The van der Waals surface area contributed by atoms with E-state index in [4.69, 9.17) is 9.47 Å². The van der Waals surface area contributed by atoms with Gasteiger partial charge in [0.25, 0.3) is 0 Å². The average Bonchev–Trinajstić information content (AvgIpc) is 2.72. The highest BCUT2D eigenvalue weighted by Crippen LogP contribution is 2.29. The number of esters is 1. The molecular formula is C26H24O4. The molecule has 0 heterocycles. The number of rotatable bonds is 6. The van der Waals surface area contributed by atoms with Crippen LogP contribution in [0.1, 0.15) is 25.8 Å². The molecule has 0 radical (unpaired) electrons. The van der Waals surface area contributed by atoms with Gasteiger partial charge < -0.3 is 14.6 Å². The number of fused-ring (bicyclic) bond motifs is 3. The van der Waals surface area contributed by atoms with Crippen molar-refractivity contribution in [3.63, 3.8) is 0 Å². The van der Waals surface area contributed by atoms with Gasteiger partial charge in [-0.15, -0.1) is 0 Å². The molecule has 1 atom stereocenters. The van der Waals surface area contributed by atoms with Gasteiger partial charge in [0.1, 0.15) is 12.4 Å². The van der Waals surface area contributed by atoms with Gasteiger partial charge in [-0.3, -0.25) is 0 Å². The summed E-state index contributed by atoms with van der Waals surface area (Å²) < 4.78 is 10.5. The molecule has 0 fully saturated rings. The van der Waals surface area contributed by atoms with Crippen molar-refractivity contribution in [2.75, 3.05) is 6.61 Å². The fourth-order valence-electron chi connectivity index (χ4n) is 2.91. The summed E-state index contributed by atoms with van der Waals surface area (Å²) in [5, 5.41) is 14.2. The van der Waals surface area contributed by atoms with Gasteiger partial charge >= 0.3 is 5.97 Å². The minimum atomic E-state index is -1.02. The number of aliphatic hydroxyl groups is 1. The second-order valence-electron chi connectivity index (χ2n) is 7.17. The van der Waals surface area contributed by atoms with Crippen molar-refractivity contribution in [2.24, 2.45) is 0 Å². The molecule has 1 N–H and O–H groups in total. The molecule has 3 aromatic rings. The molecule has 0 saturated carbocycles. The van der Waals surface area contributed by atoms with Gasteiger partial charge in [0.05, 0.1) is 0 Å². The lowest BCUT2D eigenvalue weighted by Crippen LogP contribution is -2.15. The maximum absolute atomic E-state index is 11.3. The van der Waals surface area contributed by atoms with Crippen LogP contribution in [0.4, 0.5) is 0 Å². The minimum Gasteiger partial charge on any atom is -0.461 e. The van der Waals surface area contributed by atoms with E-state index in [0.717, 1.165) is 27.1 Å². The molecule has 0 bridgehead atoms. The fourth-order valence-corrected chi connectivity index (χ4v) is 2.91. The lowest BCUT2D eigenvalue weighted by atomic mass is 10.00. The molecule has 0 aliphatic heterocycles. The molecule has 0 aromatic heterocycles. The van der Waals surface area contributed by atoms with E-state index in [0.29, 0.717) is 23.3 Å². The van der Waals surface area contributed by atoms with E-state index in [1.807, 2.05) is 48.5 Å². The molecule has 152 valence electrons. The van der Waals surface area contributed by atoms with E-state index in [9.17, 15) is 9.90 Å². The van der Waals surface area contributed by atoms with E-state index in [1.54, 1.807) is 13.8 Å². The number of carbonyl (C=O) groups is 1. The number of ether oxygens (including phenoxy) is 2. The third-order valence-electron chi connectivity index (χ3n) is 4.52. The van der Waals surface area contributed by atoms with Crippen LogP contribution in [0, 0.1) is 11.8 Å². The van der Waals surface area contributed by atoms with Crippen molar-refractivity contribution >= 4 is 27.5 Å². The summed E-state index contributed by atoms with van der Waals surface area (Å²) in [6.07, 6.45) is -0.554. The monoisotopic (exact) mass is 400 g/mol. The Bertz CT molecular complexity index is 1190. The summed E-state index contributed by atoms with van der Waals surface area (Å²) in [4.78, 5) is 11.3. The Labute approximate surface area is 176 Å².